The molecule has 0 N–H and O–H groups in total. The molecule has 1 heterocycles. The Kier molecular flexibility index (Phi) is 3.74. The summed E-state index contributed by atoms with van der Waals surface area (Å²) >= 11 is 0. The van der Waals surface area contributed by atoms with Gasteiger partial charge in [-0.3, -0.25) is 4.79 Å². The lowest BCUT2D eigenvalue weighted by atomic mass is 9.66. The highest BCUT2D eigenvalue weighted by Gasteiger charge is 2.44. The third kappa shape index (κ3) is 2.71. The van der Waals surface area contributed by atoms with Crippen molar-refractivity contribution in [2.75, 3.05) is 13.1 Å². The van der Waals surface area contributed by atoms with Crippen LogP contribution in [0.1, 0.15) is 44.1 Å². The van der Waals surface area contributed by atoms with Gasteiger partial charge in [-0.15, -0.1) is 0 Å². The molecule has 1 saturated carbocycles. The van der Waals surface area contributed by atoms with E-state index in [4.69, 9.17) is 0 Å². The Bertz CT molecular complexity index is 636. The Balaban J connectivity index is 1.59. The fourth-order valence-electron chi connectivity index (χ4n) is 5.01. The zero-order valence-electron chi connectivity index (χ0n) is 13.7. The average Bonchev–Trinajstić information content (AvgIpc) is 3.14. The maximum absolute atomic E-state index is 13.3. The third-order valence-electron chi connectivity index (χ3n) is 6.17. The number of ketones is 1. The summed E-state index contributed by atoms with van der Waals surface area (Å²) in [7, 11) is 0. The lowest BCUT2D eigenvalue weighted by Gasteiger charge is -2.38. The van der Waals surface area contributed by atoms with E-state index in [1.807, 2.05) is 18.2 Å². The first kappa shape index (κ1) is 14.9. The molecule has 23 heavy (non-hydrogen) atoms. The standard InChI is InChI=1S/C20H24FNO/c1-13-2-3-15-11-22(17-8-9-18(23)10-17)12-19(15)20(13)14-4-6-16(21)7-5-14/h4-7,10,13,15,19-20H,2-3,8-9,11-12H2,1H3/t13-,15+,19+,20-/m0/s1. The predicted octanol–water partition coefficient (Wildman–Crippen LogP) is 4.13. The summed E-state index contributed by atoms with van der Waals surface area (Å²) in [6.07, 6.45) is 5.97. The van der Waals surface area contributed by atoms with Gasteiger partial charge in [0.15, 0.2) is 5.78 Å². The summed E-state index contributed by atoms with van der Waals surface area (Å²) in [6, 6.07) is 7.13. The average molecular weight is 313 g/mol. The monoisotopic (exact) mass is 313 g/mol. The number of hydrogen-bond donors (Lipinski definition) is 0. The van der Waals surface area contributed by atoms with E-state index in [1.54, 1.807) is 12.1 Å². The molecule has 2 fully saturated rings. The number of nitrogens with zero attached hydrogens (tertiary/aromatic N) is 1. The first-order valence-corrected chi connectivity index (χ1v) is 8.85. The van der Waals surface area contributed by atoms with Gasteiger partial charge in [0.25, 0.3) is 0 Å². The Labute approximate surface area is 137 Å². The molecule has 122 valence electrons. The van der Waals surface area contributed by atoms with Crippen LogP contribution in [0.25, 0.3) is 0 Å². The van der Waals surface area contributed by atoms with Crippen LogP contribution in [0.2, 0.25) is 0 Å². The number of benzene rings is 1. The molecular formula is C20H24FNO. The van der Waals surface area contributed by atoms with Gasteiger partial charge in [0.2, 0.25) is 0 Å². The summed E-state index contributed by atoms with van der Waals surface area (Å²) in [6.45, 7) is 4.48. The Morgan fingerprint density at radius 1 is 1.09 bits per heavy atom. The first-order chi connectivity index (χ1) is 11.1. The topological polar surface area (TPSA) is 20.3 Å². The molecule has 3 heteroatoms. The largest absolute Gasteiger partial charge is 0.374 e. The molecule has 2 nitrogen and oxygen atoms in total. The predicted molar refractivity (Wildman–Crippen MR) is 88.4 cm³/mol. The van der Waals surface area contributed by atoms with Gasteiger partial charge in [0, 0.05) is 31.3 Å². The van der Waals surface area contributed by atoms with Gasteiger partial charge >= 0.3 is 0 Å². The van der Waals surface area contributed by atoms with Crippen molar-refractivity contribution in [3.05, 3.63) is 47.4 Å². The van der Waals surface area contributed by atoms with Gasteiger partial charge in [-0.2, -0.15) is 0 Å². The van der Waals surface area contributed by atoms with Gasteiger partial charge in [-0.25, -0.2) is 4.39 Å². The second-order valence-corrected chi connectivity index (χ2v) is 7.56. The minimum absolute atomic E-state index is 0.156. The third-order valence-corrected chi connectivity index (χ3v) is 6.17. The van der Waals surface area contributed by atoms with Gasteiger partial charge in [-0.05, 0) is 60.6 Å². The number of hydrogen-bond acceptors (Lipinski definition) is 2. The van der Waals surface area contributed by atoms with Crippen LogP contribution in [0.15, 0.2) is 36.0 Å². The second kappa shape index (κ2) is 5.77. The van der Waals surface area contributed by atoms with Gasteiger partial charge in [-0.1, -0.05) is 19.1 Å². The second-order valence-electron chi connectivity index (χ2n) is 7.56. The molecule has 0 aromatic heterocycles. The molecule has 0 spiro atoms. The molecule has 0 bridgehead atoms. The summed E-state index contributed by atoms with van der Waals surface area (Å²) in [5.74, 6) is 2.60. The Morgan fingerprint density at radius 3 is 2.57 bits per heavy atom. The van der Waals surface area contributed by atoms with Crippen molar-refractivity contribution in [3.63, 3.8) is 0 Å². The zero-order valence-corrected chi connectivity index (χ0v) is 13.7. The normalized spacial score (nSPS) is 33.7. The summed E-state index contributed by atoms with van der Waals surface area (Å²) in [5, 5.41) is 0. The molecule has 3 aliphatic rings. The number of carbonyl (C=O) groups is 1. The molecular weight excluding hydrogens is 289 g/mol. The number of fused-ring (bicyclic) bond motifs is 1. The highest BCUT2D eigenvalue weighted by atomic mass is 19.1. The summed E-state index contributed by atoms with van der Waals surface area (Å²) in [5.41, 5.74) is 2.53. The number of allylic oxidation sites excluding steroid dienone is 2. The molecule has 4 rings (SSSR count). The maximum Gasteiger partial charge on any atom is 0.157 e. The minimum Gasteiger partial charge on any atom is -0.374 e. The van der Waals surface area contributed by atoms with E-state index < -0.39 is 0 Å². The molecule has 1 saturated heterocycles. The van der Waals surface area contributed by atoms with Gasteiger partial charge < -0.3 is 4.90 Å². The lowest BCUT2D eigenvalue weighted by Crippen LogP contribution is -2.31. The van der Waals surface area contributed by atoms with E-state index in [2.05, 4.69) is 11.8 Å². The van der Waals surface area contributed by atoms with Crippen molar-refractivity contribution in [1.82, 2.24) is 4.90 Å². The highest BCUT2D eigenvalue weighted by Crippen LogP contribution is 2.49. The fraction of sp³-hybridized carbons (Fsp3) is 0.550. The minimum atomic E-state index is -0.156. The molecule has 1 aromatic rings. The lowest BCUT2D eigenvalue weighted by molar-refractivity contribution is -0.114. The number of likely N-dealkylation sites (tertiary alicyclic amines) is 1. The van der Waals surface area contributed by atoms with E-state index >= 15 is 0 Å². The van der Waals surface area contributed by atoms with Crippen LogP contribution in [0, 0.1) is 23.6 Å². The van der Waals surface area contributed by atoms with E-state index in [0.29, 0.717) is 30.1 Å². The van der Waals surface area contributed by atoms with Crippen molar-refractivity contribution in [2.45, 2.75) is 38.5 Å². The van der Waals surface area contributed by atoms with Gasteiger partial charge in [0.05, 0.1) is 0 Å². The van der Waals surface area contributed by atoms with Crippen molar-refractivity contribution in [1.29, 1.82) is 0 Å². The van der Waals surface area contributed by atoms with Crippen molar-refractivity contribution >= 4 is 5.78 Å². The quantitative estimate of drug-likeness (QED) is 0.818. The Morgan fingerprint density at radius 2 is 1.87 bits per heavy atom. The summed E-state index contributed by atoms with van der Waals surface area (Å²) < 4.78 is 13.3. The van der Waals surface area contributed by atoms with E-state index in [0.717, 1.165) is 19.5 Å². The number of rotatable bonds is 2. The molecule has 0 radical (unpaired) electrons. The number of carbonyl (C=O) groups excluding carboxylic acids is 1. The molecule has 1 aromatic carbocycles. The Hall–Kier alpha value is -1.64. The smallest absolute Gasteiger partial charge is 0.157 e. The van der Waals surface area contributed by atoms with Crippen LogP contribution in [-0.4, -0.2) is 23.8 Å². The van der Waals surface area contributed by atoms with Crippen LogP contribution in [0.3, 0.4) is 0 Å². The van der Waals surface area contributed by atoms with Crippen LogP contribution >= 0.6 is 0 Å². The molecule has 2 aliphatic carbocycles. The van der Waals surface area contributed by atoms with Crippen LogP contribution in [0.4, 0.5) is 4.39 Å². The zero-order chi connectivity index (χ0) is 16.0. The van der Waals surface area contributed by atoms with E-state index in [-0.39, 0.29) is 11.6 Å². The van der Waals surface area contributed by atoms with Crippen molar-refractivity contribution in [3.8, 4) is 0 Å². The van der Waals surface area contributed by atoms with Crippen LogP contribution < -0.4 is 0 Å². The summed E-state index contributed by atoms with van der Waals surface area (Å²) in [4.78, 5) is 14.0. The maximum atomic E-state index is 13.3. The van der Waals surface area contributed by atoms with Crippen LogP contribution in [0.5, 0.6) is 0 Å². The first-order valence-electron chi connectivity index (χ1n) is 8.85. The fourth-order valence-corrected chi connectivity index (χ4v) is 5.01. The van der Waals surface area contributed by atoms with Crippen molar-refractivity contribution in [2.24, 2.45) is 17.8 Å². The van der Waals surface area contributed by atoms with Crippen molar-refractivity contribution < 1.29 is 9.18 Å². The van der Waals surface area contributed by atoms with E-state index in [9.17, 15) is 9.18 Å². The molecule has 1 aliphatic heterocycles. The van der Waals surface area contributed by atoms with E-state index in [1.165, 1.54) is 24.1 Å². The molecule has 0 unspecified atom stereocenters. The molecule has 4 atom stereocenters. The highest BCUT2D eigenvalue weighted by molar-refractivity contribution is 5.92. The van der Waals surface area contributed by atoms with Crippen LogP contribution in [-0.2, 0) is 4.79 Å². The molecule has 0 amide bonds. The van der Waals surface area contributed by atoms with Gasteiger partial charge in [0.1, 0.15) is 5.82 Å². The number of halogens is 1. The SMILES string of the molecule is C[C@H]1CC[C@@H]2CN(C3=CC(=O)CC3)C[C@H]2[C@@H]1c1ccc(F)cc1.